The Kier molecular flexibility index (Phi) is 4.58. The van der Waals surface area contributed by atoms with E-state index >= 15 is 0 Å². The molecule has 1 unspecified atom stereocenters. The molecule has 1 N–H and O–H groups in total. The fourth-order valence-electron chi connectivity index (χ4n) is 1.10. The van der Waals surface area contributed by atoms with Gasteiger partial charge >= 0.3 is 0 Å². The third-order valence-electron chi connectivity index (χ3n) is 1.81. The minimum Gasteiger partial charge on any atom is -0.492 e. The largest absolute Gasteiger partial charge is 0.492 e. The normalized spacial score (nSPS) is 12.6. The molecule has 1 atom stereocenters. The van der Waals surface area contributed by atoms with Gasteiger partial charge in [0, 0.05) is 5.75 Å². The van der Waals surface area contributed by atoms with Crippen LogP contribution in [0, 0.1) is 0 Å². The molecule has 0 spiro atoms. The van der Waals surface area contributed by atoms with Crippen molar-refractivity contribution in [1.82, 2.24) is 0 Å². The molecule has 0 amide bonds. The van der Waals surface area contributed by atoms with Gasteiger partial charge in [0.05, 0.1) is 17.7 Å². The van der Waals surface area contributed by atoms with Gasteiger partial charge in [0.2, 0.25) is 0 Å². The Hall–Kier alpha value is -0.380. The van der Waals surface area contributed by atoms with Gasteiger partial charge in [-0.3, -0.25) is 0 Å². The van der Waals surface area contributed by atoms with Crippen molar-refractivity contribution < 1.29 is 9.84 Å². The summed E-state index contributed by atoms with van der Waals surface area (Å²) in [4.78, 5) is 0. The Labute approximate surface area is 94.3 Å². The maximum Gasteiger partial charge on any atom is 0.137 e. The Bertz CT molecular complexity index is 304. The number of benzene rings is 1. The van der Waals surface area contributed by atoms with E-state index in [1.807, 2.05) is 6.92 Å². The zero-order chi connectivity index (χ0) is 10.6. The van der Waals surface area contributed by atoms with Gasteiger partial charge in [-0.05, 0) is 24.6 Å². The second kappa shape index (κ2) is 5.49. The molecule has 14 heavy (non-hydrogen) atoms. The van der Waals surface area contributed by atoms with Gasteiger partial charge in [-0.25, -0.2) is 0 Å². The standard InChI is InChI=1S/C10H13ClO2S/c1-2-13-10-4-3-7(5-8(10)11)9(12)6-14/h3-5,9,12,14H,2,6H2,1H3. The highest BCUT2D eigenvalue weighted by Crippen LogP contribution is 2.28. The SMILES string of the molecule is CCOc1ccc(C(O)CS)cc1Cl. The van der Waals surface area contributed by atoms with Crippen molar-refractivity contribution in [3.63, 3.8) is 0 Å². The van der Waals surface area contributed by atoms with Gasteiger partial charge in [-0.2, -0.15) is 12.6 Å². The molecule has 0 aromatic heterocycles. The molecule has 1 aromatic carbocycles. The maximum absolute atomic E-state index is 9.50. The van der Waals surface area contributed by atoms with Crippen LogP contribution in [0.4, 0.5) is 0 Å². The number of rotatable bonds is 4. The predicted molar refractivity (Wildman–Crippen MR) is 61.4 cm³/mol. The van der Waals surface area contributed by atoms with E-state index in [1.54, 1.807) is 18.2 Å². The molecule has 2 nitrogen and oxygen atoms in total. The second-order valence-electron chi connectivity index (χ2n) is 2.82. The molecule has 0 saturated carbocycles. The molecule has 0 fully saturated rings. The molecule has 1 rings (SSSR count). The van der Waals surface area contributed by atoms with Crippen LogP contribution < -0.4 is 4.74 Å². The molecule has 4 heteroatoms. The van der Waals surface area contributed by atoms with Crippen molar-refractivity contribution in [2.45, 2.75) is 13.0 Å². The van der Waals surface area contributed by atoms with Gasteiger partial charge in [0.15, 0.2) is 0 Å². The molecule has 0 aliphatic carbocycles. The van der Waals surface area contributed by atoms with Crippen molar-refractivity contribution in [1.29, 1.82) is 0 Å². The number of aliphatic hydroxyl groups excluding tert-OH is 1. The van der Waals surface area contributed by atoms with Crippen LogP contribution in [0.25, 0.3) is 0 Å². The second-order valence-corrected chi connectivity index (χ2v) is 3.59. The lowest BCUT2D eigenvalue weighted by atomic mass is 10.1. The van der Waals surface area contributed by atoms with Crippen molar-refractivity contribution in [3.8, 4) is 5.75 Å². The molecule has 78 valence electrons. The van der Waals surface area contributed by atoms with E-state index < -0.39 is 6.10 Å². The maximum atomic E-state index is 9.50. The first-order valence-corrected chi connectivity index (χ1v) is 5.41. The summed E-state index contributed by atoms with van der Waals surface area (Å²) in [6.07, 6.45) is -0.577. The Balaban J connectivity index is 2.88. The highest BCUT2D eigenvalue weighted by molar-refractivity contribution is 7.80. The summed E-state index contributed by atoms with van der Waals surface area (Å²) in [6.45, 7) is 2.47. The summed E-state index contributed by atoms with van der Waals surface area (Å²) in [5, 5.41) is 10.0. The van der Waals surface area contributed by atoms with Crippen LogP contribution in [0.15, 0.2) is 18.2 Å². The van der Waals surface area contributed by atoms with E-state index in [-0.39, 0.29) is 0 Å². The van der Waals surface area contributed by atoms with Crippen LogP contribution in [-0.2, 0) is 0 Å². The fraction of sp³-hybridized carbons (Fsp3) is 0.400. The summed E-state index contributed by atoms with van der Waals surface area (Å²) in [7, 11) is 0. The van der Waals surface area contributed by atoms with Gasteiger partial charge in [-0.15, -0.1) is 0 Å². The highest BCUT2D eigenvalue weighted by atomic mass is 35.5. The summed E-state index contributed by atoms with van der Waals surface area (Å²) < 4.78 is 5.27. The third kappa shape index (κ3) is 2.80. The molecular weight excluding hydrogens is 220 g/mol. The number of thiol groups is 1. The first kappa shape index (κ1) is 11.7. The first-order chi connectivity index (χ1) is 6.69. The number of hydrogen-bond acceptors (Lipinski definition) is 3. The molecule has 1 aromatic rings. The summed E-state index contributed by atoms with van der Waals surface area (Å²) in [5.41, 5.74) is 0.758. The van der Waals surface area contributed by atoms with Crippen molar-refractivity contribution in [2.24, 2.45) is 0 Å². The predicted octanol–water partition coefficient (Wildman–Crippen LogP) is 2.70. The van der Waals surface area contributed by atoms with E-state index in [0.717, 1.165) is 5.56 Å². The lowest BCUT2D eigenvalue weighted by molar-refractivity contribution is 0.204. The van der Waals surface area contributed by atoms with Crippen molar-refractivity contribution >= 4 is 24.2 Å². The average Bonchev–Trinajstić information content (AvgIpc) is 2.20. The quantitative estimate of drug-likeness (QED) is 0.782. The van der Waals surface area contributed by atoms with Crippen LogP contribution in [0.2, 0.25) is 5.02 Å². The average molecular weight is 233 g/mol. The van der Waals surface area contributed by atoms with Gasteiger partial charge in [0.25, 0.3) is 0 Å². The van der Waals surface area contributed by atoms with E-state index in [4.69, 9.17) is 16.3 Å². The molecule has 0 radical (unpaired) electrons. The number of aliphatic hydroxyl groups is 1. The van der Waals surface area contributed by atoms with E-state index in [0.29, 0.717) is 23.1 Å². The molecular formula is C10H13ClO2S. The smallest absolute Gasteiger partial charge is 0.137 e. The number of hydrogen-bond donors (Lipinski definition) is 2. The Morgan fingerprint density at radius 3 is 2.79 bits per heavy atom. The zero-order valence-corrected chi connectivity index (χ0v) is 9.55. The molecule has 0 aliphatic heterocycles. The van der Waals surface area contributed by atoms with Gasteiger partial charge in [0.1, 0.15) is 5.75 Å². The monoisotopic (exact) mass is 232 g/mol. The number of halogens is 1. The van der Waals surface area contributed by atoms with Crippen LogP contribution in [0.5, 0.6) is 5.75 Å². The van der Waals surface area contributed by atoms with Crippen LogP contribution in [0.1, 0.15) is 18.6 Å². The van der Waals surface area contributed by atoms with Crippen molar-refractivity contribution in [2.75, 3.05) is 12.4 Å². The molecule has 0 aliphatic rings. The topological polar surface area (TPSA) is 29.5 Å². The fourth-order valence-corrected chi connectivity index (χ4v) is 1.56. The molecule has 0 bridgehead atoms. The van der Waals surface area contributed by atoms with Crippen LogP contribution >= 0.6 is 24.2 Å². The minimum atomic E-state index is -0.577. The third-order valence-corrected chi connectivity index (χ3v) is 2.45. The van der Waals surface area contributed by atoms with Crippen LogP contribution in [0.3, 0.4) is 0 Å². The van der Waals surface area contributed by atoms with Crippen LogP contribution in [-0.4, -0.2) is 17.5 Å². The van der Waals surface area contributed by atoms with E-state index in [2.05, 4.69) is 12.6 Å². The molecule has 0 saturated heterocycles. The lowest BCUT2D eigenvalue weighted by Gasteiger charge is -2.10. The summed E-state index contributed by atoms with van der Waals surface area (Å²) >= 11 is 9.95. The number of ether oxygens (including phenoxy) is 1. The van der Waals surface area contributed by atoms with Crippen molar-refractivity contribution in [3.05, 3.63) is 28.8 Å². The first-order valence-electron chi connectivity index (χ1n) is 4.40. The zero-order valence-electron chi connectivity index (χ0n) is 7.90. The summed E-state index contributed by atoms with van der Waals surface area (Å²) in [5.74, 6) is 1.02. The highest BCUT2D eigenvalue weighted by Gasteiger charge is 2.08. The molecule has 0 heterocycles. The Morgan fingerprint density at radius 2 is 2.29 bits per heavy atom. The summed E-state index contributed by atoms with van der Waals surface area (Å²) in [6, 6.07) is 5.25. The van der Waals surface area contributed by atoms with E-state index in [9.17, 15) is 5.11 Å². The van der Waals surface area contributed by atoms with Gasteiger partial charge in [-0.1, -0.05) is 17.7 Å². The van der Waals surface area contributed by atoms with Gasteiger partial charge < -0.3 is 9.84 Å². The lowest BCUT2D eigenvalue weighted by Crippen LogP contribution is -1.99. The van der Waals surface area contributed by atoms with E-state index in [1.165, 1.54) is 0 Å². The minimum absolute atomic E-state index is 0.379. The Morgan fingerprint density at radius 1 is 1.57 bits per heavy atom.